The molecule has 1 N–H and O–H groups in total. The summed E-state index contributed by atoms with van der Waals surface area (Å²) in [6, 6.07) is 24.2. The van der Waals surface area contributed by atoms with E-state index < -0.39 is 8.07 Å². The number of rotatable bonds is 10. The topological polar surface area (TPSA) is 50.2 Å². The Morgan fingerprint density at radius 1 is 0.980 bits per heavy atom. The minimum Gasteiger partial charge on any atom is -0.512 e. The second-order valence-corrected chi connectivity index (χ2v) is 20.6. The van der Waals surface area contributed by atoms with Gasteiger partial charge in [0.05, 0.1) is 15.2 Å². The smallest absolute Gasteiger partial charge is 0.162 e. The van der Waals surface area contributed by atoms with E-state index in [1.165, 1.54) is 38.9 Å². The Labute approximate surface area is 317 Å². The van der Waals surface area contributed by atoms with Crippen molar-refractivity contribution < 1.29 is 31.4 Å². The first-order valence-electron chi connectivity index (χ1n) is 18.9. The zero-order chi connectivity index (χ0) is 36.5. The average Bonchev–Trinajstić information content (AvgIpc) is 3.31. The van der Waals surface area contributed by atoms with Gasteiger partial charge in [-0.1, -0.05) is 133 Å². The standard InChI is InChI=1S/C32H32NSi.C13H24O2.Ir/c1-20(2)29-25-10-8-7-9-22(25)17-26-27(29)19-32(3)28(18-23-15-16-33-31(26)30(23)32)21-11-13-24(14-12-21)34(4,5)6;1-5-10(6-2)12(14)9-13(15)11(7-3)8-4;/h7-16,18,20H,19H2,1-6H3;9-11,14H,5-8H2,1-4H3;/q-1;;/b;12-9-;/i18D;;. The van der Waals surface area contributed by atoms with Crippen molar-refractivity contribution in [3.8, 4) is 11.3 Å². The number of aliphatic hydroxyl groups excluding tert-OH is 1. The number of aromatic nitrogens is 1. The van der Waals surface area contributed by atoms with E-state index in [1.54, 1.807) is 0 Å². The van der Waals surface area contributed by atoms with E-state index in [9.17, 15) is 11.3 Å². The predicted molar refractivity (Wildman–Crippen MR) is 212 cm³/mol. The normalized spacial score (nSPS) is 17.0. The van der Waals surface area contributed by atoms with Crippen molar-refractivity contribution in [2.75, 3.05) is 0 Å². The summed E-state index contributed by atoms with van der Waals surface area (Å²) in [6.07, 6.45) is 7.66. The van der Waals surface area contributed by atoms with Crippen LogP contribution < -0.4 is 5.19 Å². The number of carbonyl (C=O) groups is 1. The molecule has 50 heavy (non-hydrogen) atoms. The Bertz CT molecular complexity index is 1950. The summed E-state index contributed by atoms with van der Waals surface area (Å²) in [7, 11) is -1.39. The van der Waals surface area contributed by atoms with Gasteiger partial charge in [0.2, 0.25) is 0 Å². The second-order valence-electron chi connectivity index (χ2n) is 15.5. The number of allylic oxidation sites excluding steroid dienone is 3. The Balaban J connectivity index is 0.000000312. The van der Waals surface area contributed by atoms with Crippen LogP contribution in [0.15, 0.2) is 72.6 Å². The molecule has 267 valence electrons. The van der Waals surface area contributed by atoms with Crippen LogP contribution in [0.4, 0.5) is 0 Å². The summed E-state index contributed by atoms with van der Waals surface area (Å²) in [5, 5.41) is 13.7. The molecule has 2 aliphatic rings. The number of hydrogen-bond acceptors (Lipinski definition) is 3. The summed E-state index contributed by atoms with van der Waals surface area (Å²) < 4.78 is 9.31. The molecule has 1 unspecified atom stereocenters. The van der Waals surface area contributed by atoms with Gasteiger partial charge in [0, 0.05) is 55.3 Å². The van der Waals surface area contributed by atoms with Crippen molar-refractivity contribution in [3.63, 3.8) is 0 Å². The molecule has 1 atom stereocenters. The van der Waals surface area contributed by atoms with Crippen LogP contribution in [0.2, 0.25) is 19.6 Å². The first-order chi connectivity index (χ1) is 23.7. The number of ketones is 1. The summed E-state index contributed by atoms with van der Waals surface area (Å²) in [6.45, 7) is 22.1. The van der Waals surface area contributed by atoms with Gasteiger partial charge in [-0.3, -0.25) is 9.78 Å². The monoisotopic (exact) mass is 864 g/mol. The maximum absolute atomic E-state index is 11.7. The van der Waals surface area contributed by atoms with Crippen molar-refractivity contribution in [1.82, 2.24) is 4.98 Å². The molecular formula is C45H56IrNO2Si-. The van der Waals surface area contributed by atoms with Crippen molar-refractivity contribution in [2.45, 2.75) is 112 Å². The Morgan fingerprint density at radius 3 is 2.18 bits per heavy atom. The molecule has 0 aliphatic heterocycles. The molecule has 0 bridgehead atoms. The van der Waals surface area contributed by atoms with Crippen LogP contribution in [-0.2, 0) is 36.7 Å². The van der Waals surface area contributed by atoms with Crippen LogP contribution >= 0.6 is 0 Å². The fourth-order valence-electron chi connectivity index (χ4n) is 7.93. The first kappa shape index (κ1) is 38.1. The first-order valence-corrected chi connectivity index (χ1v) is 21.9. The van der Waals surface area contributed by atoms with Gasteiger partial charge in [0.25, 0.3) is 0 Å². The Morgan fingerprint density at radius 2 is 1.60 bits per heavy atom. The predicted octanol–water partition coefficient (Wildman–Crippen LogP) is 11.6. The SMILES string of the molecule is CCC(CC)C(=O)/C=C(\O)C(CC)CC.[2H]C1=C(c2ccc([Si](C)(C)C)cc2)C2(C)Cc3c([c-]c4ccccc4c3C(C)C)-c3nccc1c32.[Ir]. The number of carbonyl (C=O) groups excluding carboxylic acids is 1. The van der Waals surface area contributed by atoms with Gasteiger partial charge in [-0.25, -0.2) is 0 Å². The Hall–Kier alpha value is -3.11. The maximum Gasteiger partial charge on any atom is 0.162 e. The quantitative estimate of drug-likeness (QED) is 0.0748. The summed E-state index contributed by atoms with van der Waals surface area (Å²) in [4.78, 5) is 16.7. The molecule has 0 fully saturated rings. The summed E-state index contributed by atoms with van der Waals surface area (Å²) in [5.41, 5.74) is 9.15. The van der Waals surface area contributed by atoms with Crippen LogP contribution in [0, 0.1) is 17.9 Å². The van der Waals surface area contributed by atoms with Crippen molar-refractivity contribution in [2.24, 2.45) is 11.8 Å². The molecule has 6 rings (SSSR count). The molecular weight excluding hydrogens is 807 g/mol. The molecule has 1 heterocycles. The summed E-state index contributed by atoms with van der Waals surface area (Å²) in [5.74, 6) is 0.933. The molecule has 4 aromatic rings. The van der Waals surface area contributed by atoms with E-state index in [0.29, 0.717) is 12.0 Å². The van der Waals surface area contributed by atoms with Gasteiger partial charge in [-0.15, -0.1) is 28.6 Å². The third-order valence-corrected chi connectivity index (χ3v) is 12.9. The number of fused-ring (bicyclic) bond motifs is 3. The van der Waals surface area contributed by atoms with Crippen LogP contribution in [0.5, 0.6) is 0 Å². The fraction of sp³-hybridized carbons (Fsp3) is 0.422. The number of pyridine rings is 1. The molecule has 0 saturated heterocycles. The fourth-order valence-corrected chi connectivity index (χ4v) is 9.10. The Kier molecular flexibility index (Phi) is 12.2. The summed E-state index contributed by atoms with van der Waals surface area (Å²) >= 11 is 0. The minimum absolute atomic E-state index is 0. The molecule has 0 saturated carbocycles. The molecule has 0 spiro atoms. The molecule has 1 aromatic heterocycles. The zero-order valence-corrected chi connectivity index (χ0v) is 35.1. The number of aliphatic hydroxyl groups is 1. The molecule has 3 nitrogen and oxygen atoms in total. The van der Waals surface area contributed by atoms with E-state index in [4.69, 9.17) is 4.98 Å². The number of benzene rings is 3. The van der Waals surface area contributed by atoms with Gasteiger partial charge in [-0.2, -0.15) is 0 Å². The van der Waals surface area contributed by atoms with Crippen LogP contribution in [0.25, 0.3) is 33.7 Å². The molecule has 1 radical (unpaired) electrons. The molecule has 5 heteroatoms. The minimum atomic E-state index is -1.39. The van der Waals surface area contributed by atoms with Crippen molar-refractivity contribution in [3.05, 3.63) is 107 Å². The van der Waals surface area contributed by atoms with Gasteiger partial charge in [-0.05, 0) is 66.4 Å². The van der Waals surface area contributed by atoms with Gasteiger partial charge >= 0.3 is 0 Å². The number of nitrogens with zero attached hydrogens (tertiary/aromatic N) is 1. The zero-order valence-electron chi connectivity index (χ0n) is 32.8. The van der Waals surface area contributed by atoms with E-state index in [0.717, 1.165) is 59.9 Å². The van der Waals surface area contributed by atoms with Crippen LogP contribution in [0.1, 0.15) is 109 Å². The van der Waals surface area contributed by atoms with Crippen LogP contribution in [-0.4, -0.2) is 23.9 Å². The average molecular weight is 864 g/mol. The number of hydrogen-bond donors (Lipinski definition) is 1. The third-order valence-electron chi connectivity index (χ3n) is 10.9. The molecule has 3 aromatic carbocycles. The van der Waals surface area contributed by atoms with Crippen molar-refractivity contribution >= 4 is 41.4 Å². The van der Waals surface area contributed by atoms with E-state index >= 15 is 0 Å². The molecule has 0 amide bonds. The van der Waals surface area contributed by atoms with Crippen LogP contribution in [0.3, 0.4) is 0 Å². The molecule has 2 aliphatic carbocycles. The van der Waals surface area contributed by atoms with E-state index in [-0.39, 0.29) is 48.9 Å². The van der Waals surface area contributed by atoms with Gasteiger partial charge in [0.1, 0.15) is 0 Å². The van der Waals surface area contributed by atoms with E-state index in [2.05, 4.69) is 95.0 Å². The third kappa shape index (κ3) is 7.57. The second kappa shape index (κ2) is 16.1. The van der Waals surface area contributed by atoms with Gasteiger partial charge < -0.3 is 5.11 Å². The maximum atomic E-state index is 11.7. The van der Waals surface area contributed by atoms with E-state index in [1.807, 2.05) is 40.0 Å². The van der Waals surface area contributed by atoms with Gasteiger partial charge in [0.15, 0.2) is 5.78 Å². The van der Waals surface area contributed by atoms with Crippen molar-refractivity contribution in [1.29, 1.82) is 0 Å². The largest absolute Gasteiger partial charge is 0.512 e.